The monoisotopic (exact) mass is 256 g/mol. The second kappa shape index (κ2) is 4.80. The van der Waals surface area contributed by atoms with E-state index in [1.165, 1.54) is 0 Å². The Morgan fingerprint density at radius 3 is 2.44 bits per heavy atom. The van der Waals surface area contributed by atoms with Crippen LogP contribution in [-0.2, 0) is 4.79 Å². The quantitative estimate of drug-likeness (QED) is 0.765. The van der Waals surface area contributed by atoms with Gasteiger partial charge in [0.15, 0.2) is 17.5 Å². The number of halogens is 3. The maximum atomic E-state index is 13.1. The Bertz CT molecular complexity index is 505. The molecular formula is C12H11F3N2O. The zero-order valence-corrected chi connectivity index (χ0v) is 9.71. The fraction of sp³-hybridized carbons (Fsp3) is 0.333. The smallest absolute Gasteiger partial charge is 0.253 e. The van der Waals surface area contributed by atoms with Crippen LogP contribution in [0.1, 0.15) is 26.2 Å². The van der Waals surface area contributed by atoms with Crippen LogP contribution in [-0.4, -0.2) is 11.6 Å². The molecule has 3 nitrogen and oxygen atoms in total. The van der Waals surface area contributed by atoms with Gasteiger partial charge in [0, 0.05) is 17.8 Å². The number of carbonyl (C=O) groups is 1. The van der Waals surface area contributed by atoms with E-state index in [1.807, 2.05) is 6.92 Å². The SMILES string of the molecule is CCCC1=NN(c2cc(F)c(F)c(F)c2)C(=O)C1. The number of nitrogens with zero attached hydrogens (tertiary/aromatic N) is 2. The summed E-state index contributed by atoms with van der Waals surface area (Å²) in [6, 6.07) is 1.52. The van der Waals surface area contributed by atoms with Crippen LogP contribution in [0.3, 0.4) is 0 Å². The molecule has 1 amide bonds. The van der Waals surface area contributed by atoms with Crippen molar-refractivity contribution in [3.8, 4) is 0 Å². The molecule has 0 fully saturated rings. The number of rotatable bonds is 3. The van der Waals surface area contributed by atoms with Gasteiger partial charge >= 0.3 is 0 Å². The average Bonchev–Trinajstić information content (AvgIpc) is 2.67. The minimum Gasteiger partial charge on any atom is -0.272 e. The van der Waals surface area contributed by atoms with Gasteiger partial charge in [-0.2, -0.15) is 5.10 Å². The lowest BCUT2D eigenvalue weighted by Crippen LogP contribution is -2.20. The van der Waals surface area contributed by atoms with Crippen LogP contribution in [0, 0.1) is 17.5 Å². The predicted octanol–water partition coefficient (Wildman–Crippen LogP) is 3.00. The van der Waals surface area contributed by atoms with Gasteiger partial charge in [-0.1, -0.05) is 13.3 Å². The van der Waals surface area contributed by atoms with E-state index in [9.17, 15) is 18.0 Å². The van der Waals surface area contributed by atoms with E-state index in [1.54, 1.807) is 0 Å². The van der Waals surface area contributed by atoms with Crippen molar-refractivity contribution in [3.63, 3.8) is 0 Å². The molecule has 18 heavy (non-hydrogen) atoms. The highest BCUT2D eigenvalue weighted by Crippen LogP contribution is 2.25. The molecule has 0 aromatic heterocycles. The van der Waals surface area contributed by atoms with Gasteiger partial charge in [0.1, 0.15) is 0 Å². The Labute approximate surface area is 102 Å². The highest BCUT2D eigenvalue weighted by molar-refractivity contribution is 6.12. The zero-order chi connectivity index (χ0) is 13.3. The maximum Gasteiger partial charge on any atom is 0.253 e. The first-order valence-corrected chi connectivity index (χ1v) is 5.56. The van der Waals surface area contributed by atoms with Gasteiger partial charge in [0.05, 0.1) is 12.1 Å². The van der Waals surface area contributed by atoms with Gasteiger partial charge in [-0.05, 0) is 6.42 Å². The van der Waals surface area contributed by atoms with Crippen molar-refractivity contribution in [2.45, 2.75) is 26.2 Å². The average molecular weight is 256 g/mol. The molecule has 1 aromatic carbocycles. The van der Waals surface area contributed by atoms with E-state index in [0.29, 0.717) is 12.1 Å². The van der Waals surface area contributed by atoms with Gasteiger partial charge in [-0.15, -0.1) is 0 Å². The second-order valence-electron chi connectivity index (χ2n) is 4.02. The Morgan fingerprint density at radius 2 is 1.89 bits per heavy atom. The maximum absolute atomic E-state index is 13.1. The van der Waals surface area contributed by atoms with E-state index in [0.717, 1.165) is 23.6 Å². The largest absolute Gasteiger partial charge is 0.272 e. The molecule has 0 spiro atoms. The molecule has 6 heteroatoms. The lowest BCUT2D eigenvalue weighted by Gasteiger charge is -2.12. The van der Waals surface area contributed by atoms with Gasteiger partial charge in [0.2, 0.25) is 0 Å². The van der Waals surface area contributed by atoms with Crippen LogP contribution in [0.5, 0.6) is 0 Å². The molecule has 0 saturated heterocycles. The van der Waals surface area contributed by atoms with Gasteiger partial charge in [-0.3, -0.25) is 4.79 Å². The van der Waals surface area contributed by atoms with Crippen molar-refractivity contribution in [3.05, 3.63) is 29.6 Å². The molecule has 1 aromatic rings. The molecule has 0 aliphatic carbocycles. The lowest BCUT2D eigenvalue weighted by molar-refractivity contribution is -0.116. The Balaban J connectivity index is 2.35. The highest BCUT2D eigenvalue weighted by Gasteiger charge is 2.26. The van der Waals surface area contributed by atoms with Crippen LogP contribution in [0.25, 0.3) is 0 Å². The molecule has 1 heterocycles. The van der Waals surface area contributed by atoms with Crippen molar-refractivity contribution in [1.29, 1.82) is 0 Å². The number of amides is 1. The molecule has 0 unspecified atom stereocenters. The lowest BCUT2D eigenvalue weighted by atomic mass is 10.2. The van der Waals surface area contributed by atoms with Gasteiger partial charge in [-0.25, -0.2) is 18.2 Å². The second-order valence-corrected chi connectivity index (χ2v) is 4.02. The Kier molecular flexibility index (Phi) is 3.36. The summed E-state index contributed by atoms with van der Waals surface area (Å²) >= 11 is 0. The van der Waals surface area contributed by atoms with Crippen molar-refractivity contribution in [2.24, 2.45) is 5.10 Å². The van der Waals surface area contributed by atoms with Crippen LogP contribution in [0.4, 0.5) is 18.9 Å². The van der Waals surface area contributed by atoms with Crippen molar-refractivity contribution < 1.29 is 18.0 Å². The third kappa shape index (κ3) is 2.23. The fourth-order valence-corrected chi connectivity index (χ4v) is 1.78. The molecular weight excluding hydrogens is 245 g/mol. The summed E-state index contributed by atoms with van der Waals surface area (Å²) in [6.45, 7) is 1.94. The van der Waals surface area contributed by atoms with E-state index in [2.05, 4.69) is 5.10 Å². The first kappa shape index (κ1) is 12.6. The third-order valence-electron chi connectivity index (χ3n) is 2.58. The van der Waals surface area contributed by atoms with Crippen molar-refractivity contribution >= 4 is 17.3 Å². The number of benzene rings is 1. The zero-order valence-electron chi connectivity index (χ0n) is 9.71. The van der Waals surface area contributed by atoms with E-state index >= 15 is 0 Å². The van der Waals surface area contributed by atoms with Gasteiger partial charge in [0.25, 0.3) is 5.91 Å². The predicted molar refractivity (Wildman–Crippen MR) is 60.8 cm³/mol. The Morgan fingerprint density at radius 1 is 1.28 bits per heavy atom. The molecule has 0 saturated carbocycles. The summed E-state index contributed by atoms with van der Waals surface area (Å²) in [5, 5.41) is 4.90. The van der Waals surface area contributed by atoms with Gasteiger partial charge < -0.3 is 0 Å². The van der Waals surface area contributed by atoms with Crippen molar-refractivity contribution in [2.75, 3.05) is 5.01 Å². The van der Waals surface area contributed by atoms with Crippen molar-refractivity contribution in [1.82, 2.24) is 0 Å². The van der Waals surface area contributed by atoms with Crippen LogP contribution in [0.15, 0.2) is 17.2 Å². The number of hydrazone groups is 1. The van der Waals surface area contributed by atoms with E-state index < -0.39 is 17.5 Å². The molecule has 2 rings (SSSR count). The normalized spacial score (nSPS) is 15.2. The summed E-state index contributed by atoms with van der Waals surface area (Å²) in [4.78, 5) is 11.6. The third-order valence-corrected chi connectivity index (χ3v) is 2.58. The van der Waals surface area contributed by atoms with E-state index in [4.69, 9.17) is 0 Å². The van der Waals surface area contributed by atoms with Crippen LogP contribution in [0.2, 0.25) is 0 Å². The Hall–Kier alpha value is -1.85. The molecule has 0 atom stereocenters. The topological polar surface area (TPSA) is 32.7 Å². The number of anilines is 1. The number of carbonyl (C=O) groups excluding carboxylic acids is 1. The summed E-state index contributed by atoms with van der Waals surface area (Å²) in [5.41, 5.74) is 0.565. The molecule has 1 aliphatic heterocycles. The first-order chi connectivity index (χ1) is 8.52. The summed E-state index contributed by atoms with van der Waals surface area (Å²) in [7, 11) is 0. The standard InChI is InChI=1S/C12H11F3N2O/c1-2-3-7-4-11(18)17(16-7)8-5-9(13)12(15)10(14)6-8/h5-6H,2-4H2,1H3. The first-order valence-electron chi connectivity index (χ1n) is 5.56. The minimum absolute atomic E-state index is 0.0949. The number of hydrogen-bond donors (Lipinski definition) is 0. The molecule has 0 N–H and O–H groups in total. The summed E-state index contributed by atoms with van der Waals surface area (Å²) in [5.74, 6) is -4.60. The number of hydrogen-bond acceptors (Lipinski definition) is 2. The summed E-state index contributed by atoms with van der Waals surface area (Å²) < 4.78 is 38.9. The summed E-state index contributed by atoms with van der Waals surface area (Å²) in [6.07, 6.45) is 1.61. The molecule has 0 radical (unpaired) electrons. The minimum atomic E-state index is -1.55. The van der Waals surface area contributed by atoms with E-state index in [-0.39, 0.29) is 18.0 Å². The van der Waals surface area contributed by atoms with Crippen LogP contribution >= 0.6 is 0 Å². The molecule has 1 aliphatic rings. The van der Waals surface area contributed by atoms with Crippen LogP contribution < -0.4 is 5.01 Å². The fourth-order valence-electron chi connectivity index (χ4n) is 1.78. The highest BCUT2D eigenvalue weighted by atomic mass is 19.2. The molecule has 0 bridgehead atoms. The molecule has 96 valence electrons.